The number of hydrogen-bond acceptors (Lipinski definition) is 3. The minimum Gasteiger partial charge on any atom is -0.461 e. The Hall–Kier alpha value is -1.61. The summed E-state index contributed by atoms with van der Waals surface area (Å²) in [6.45, 7) is 11.9. The summed E-state index contributed by atoms with van der Waals surface area (Å²) < 4.78 is 5.95. The molecule has 0 bridgehead atoms. The van der Waals surface area contributed by atoms with E-state index in [0.717, 1.165) is 12.8 Å². The molecule has 26 heavy (non-hydrogen) atoms. The second-order valence-electron chi connectivity index (χ2n) is 9.35. The molecule has 0 spiro atoms. The number of carbonyl (C=O) groups is 1. The molecule has 2 saturated carbocycles. The second kappa shape index (κ2) is 6.84. The standard InChI is InChI=1S/C23H32O3/c1-6-16-17-12-13-19(26-21(25)22(2,3)4)23(17,5)14-18(24)20(16)15-10-8-7-9-11-15/h6-11,16-20,24H,1,12-14H2,2-5H3/t16-,17-,18-,19-,20+,23-/m0/s1. The molecule has 0 aromatic heterocycles. The molecular formula is C23H32O3. The Bertz CT molecular complexity index is 660. The maximum Gasteiger partial charge on any atom is 0.311 e. The van der Waals surface area contributed by atoms with E-state index in [1.807, 2.05) is 45.0 Å². The first-order chi connectivity index (χ1) is 12.2. The lowest BCUT2D eigenvalue weighted by Gasteiger charge is -2.49. The molecule has 3 rings (SSSR count). The fourth-order valence-corrected chi connectivity index (χ4v) is 5.16. The van der Waals surface area contributed by atoms with Gasteiger partial charge in [-0.25, -0.2) is 0 Å². The van der Waals surface area contributed by atoms with Crippen molar-refractivity contribution in [1.29, 1.82) is 0 Å². The smallest absolute Gasteiger partial charge is 0.311 e. The lowest BCUT2D eigenvalue weighted by atomic mass is 9.57. The van der Waals surface area contributed by atoms with Crippen LogP contribution in [0.3, 0.4) is 0 Å². The summed E-state index contributed by atoms with van der Waals surface area (Å²) in [5.74, 6) is 0.457. The summed E-state index contributed by atoms with van der Waals surface area (Å²) >= 11 is 0. The lowest BCUT2D eigenvalue weighted by Crippen LogP contribution is -2.49. The SMILES string of the molecule is C=C[C@@H]1[C@@H](c2ccccc2)[C@@H](O)C[C@]2(C)[C@@H](OC(=O)C(C)(C)C)CC[C@@H]12. The molecule has 0 radical (unpaired) electrons. The van der Waals surface area contributed by atoms with E-state index in [9.17, 15) is 9.90 Å². The molecule has 2 fully saturated rings. The molecule has 1 N–H and O–H groups in total. The third-order valence-electron chi connectivity index (χ3n) is 6.58. The van der Waals surface area contributed by atoms with E-state index in [1.54, 1.807) is 0 Å². The molecule has 2 aliphatic carbocycles. The highest BCUT2D eigenvalue weighted by atomic mass is 16.5. The van der Waals surface area contributed by atoms with Crippen LogP contribution < -0.4 is 0 Å². The zero-order valence-electron chi connectivity index (χ0n) is 16.4. The summed E-state index contributed by atoms with van der Waals surface area (Å²) in [4.78, 5) is 12.5. The quantitative estimate of drug-likeness (QED) is 0.630. The number of fused-ring (bicyclic) bond motifs is 1. The third kappa shape index (κ3) is 3.22. The van der Waals surface area contributed by atoms with Crippen molar-refractivity contribution in [2.75, 3.05) is 0 Å². The van der Waals surface area contributed by atoms with Crippen LogP contribution in [-0.4, -0.2) is 23.3 Å². The van der Waals surface area contributed by atoms with Crippen LogP contribution in [0.5, 0.6) is 0 Å². The Morgan fingerprint density at radius 2 is 1.92 bits per heavy atom. The van der Waals surface area contributed by atoms with Crippen molar-refractivity contribution < 1.29 is 14.6 Å². The summed E-state index contributed by atoms with van der Waals surface area (Å²) in [6.07, 6.45) is 3.94. The van der Waals surface area contributed by atoms with Crippen LogP contribution in [0.25, 0.3) is 0 Å². The van der Waals surface area contributed by atoms with Crippen LogP contribution in [0.1, 0.15) is 58.4 Å². The largest absolute Gasteiger partial charge is 0.461 e. The highest BCUT2D eigenvalue weighted by Crippen LogP contribution is 2.59. The maximum absolute atomic E-state index is 12.5. The Kier molecular flexibility index (Phi) is 5.04. The predicted molar refractivity (Wildman–Crippen MR) is 104 cm³/mol. The van der Waals surface area contributed by atoms with E-state index in [2.05, 4.69) is 25.6 Å². The zero-order chi connectivity index (χ0) is 19.1. The number of rotatable bonds is 3. The molecule has 142 valence electrons. The molecule has 0 heterocycles. The Morgan fingerprint density at radius 1 is 1.27 bits per heavy atom. The normalized spacial score (nSPS) is 37.0. The van der Waals surface area contributed by atoms with E-state index in [4.69, 9.17) is 4.74 Å². The van der Waals surface area contributed by atoms with Gasteiger partial charge in [0.1, 0.15) is 6.10 Å². The number of aliphatic hydroxyl groups excluding tert-OH is 1. The van der Waals surface area contributed by atoms with Gasteiger partial charge in [-0.2, -0.15) is 0 Å². The highest BCUT2D eigenvalue weighted by molar-refractivity contribution is 5.75. The summed E-state index contributed by atoms with van der Waals surface area (Å²) in [6, 6.07) is 10.2. The first-order valence-electron chi connectivity index (χ1n) is 9.75. The number of aliphatic hydroxyl groups is 1. The molecule has 1 aromatic carbocycles. The molecular weight excluding hydrogens is 324 g/mol. The minimum absolute atomic E-state index is 0.0591. The molecule has 6 atom stereocenters. The van der Waals surface area contributed by atoms with E-state index in [1.165, 1.54) is 5.56 Å². The van der Waals surface area contributed by atoms with Crippen molar-refractivity contribution in [1.82, 2.24) is 0 Å². The van der Waals surface area contributed by atoms with Crippen LogP contribution >= 0.6 is 0 Å². The number of allylic oxidation sites excluding steroid dienone is 1. The average molecular weight is 357 g/mol. The van der Waals surface area contributed by atoms with Gasteiger partial charge in [0.25, 0.3) is 0 Å². The highest BCUT2D eigenvalue weighted by Gasteiger charge is 2.57. The molecule has 3 nitrogen and oxygen atoms in total. The number of carbonyl (C=O) groups excluding carboxylic acids is 1. The first kappa shape index (κ1) is 19.2. The molecule has 0 aliphatic heterocycles. The lowest BCUT2D eigenvalue weighted by molar-refractivity contribution is -0.169. The van der Waals surface area contributed by atoms with Crippen LogP contribution in [0.2, 0.25) is 0 Å². The topological polar surface area (TPSA) is 46.5 Å². The molecule has 2 aliphatic rings. The monoisotopic (exact) mass is 356 g/mol. The van der Waals surface area contributed by atoms with Gasteiger partial charge in [-0.1, -0.05) is 43.3 Å². The summed E-state index contributed by atoms with van der Waals surface area (Å²) in [5, 5.41) is 11.1. The van der Waals surface area contributed by atoms with Gasteiger partial charge in [0.05, 0.1) is 11.5 Å². The molecule has 0 amide bonds. The fourth-order valence-electron chi connectivity index (χ4n) is 5.16. The molecule has 0 unspecified atom stereocenters. The van der Waals surface area contributed by atoms with Gasteiger partial charge in [0.15, 0.2) is 0 Å². The van der Waals surface area contributed by atoms with Crippen LogP contribution in [0.4, 0.5) is 0 Å². The Labute approximate surface area is 157 Å². The van der Waals surface area contributed by atoms with Crippen molar-refractivity contribution in [3.05, 3.63) is 48.6 Å². The van der Waals surface area contributed by atoms with Gasteiger partial charge in [0, 0.05) is 11.3 Å². The predicted octanol–water partition coefficient (Wildman–Crippen LogP) is 4.71. The van der Waals surface area contributed by atoms with Gasteiger partial charge in [-0.3, -0.25) is 4.79 Å². The second-order valence-corrected chi connectivity index (χ2v) is 9.35. The van der Waals surface area contributed by atoms with E-state index in [-0.39, 0.29) is 29.3 Å². The van der Waals surface area contributed by atoms with Gasteiger partial charge in [-0.05, 0) is 57.4 Å². The third-order valence-corrected chi connectivity index (χ3v) is 6.58. The number of hydrogen-bond donors (Lipinski definition) is 1. The van der Waals surface area contributed by atoms with Gasteiger partial charge in [-0.15, -0.1) is 6.58 Å². The number of benzene rings is 1. The van der Waals surface area contributed by atoms with Gasteiger partial charge in [0.2, 0.25) is 0 Å². The number of esters is 1. The van der Waals surface area contributed by atoms with Crippen molar-refractivity contribution in [3.63, 3.8) is 0 Å². The molecule has 0 saturated heterocycles. The van der Waals surface area contributed by atoms with E-state index >= 15 is 0 Å². The van der Waals surface area contributed by atoms with Crippen LogP contribution in [0, 0.1) is 22.7 Å². The van der Waals surface area contributed by atoms with Crippen molar-refractivity contribution >= 4 is 5.97 Å². The van der Waals surface area contributed by atoms with E-state index in [0.29, 0.717) is 12.3 Å². The maximum atomic E-state index is 12.5. The fraction of sp³-hybridized carbons (Fsp3) is 0.609. The van der Waals surface area contributed by atoms with Crippen molar-refractivity contribution in [2.45, 2.75) is 65.1 Å². The van der Waals surface area contributed by atoms with Crippen LogP contribution in [-0.2, 0) is 9.53 Å². The number of ether oxygens (including phenoxy) is 1. The summed E-state index contributed by atoms with van der Waals surface area (Å²) in [5.41, 5.74) is 0.457. The Morgan fingerprint density at radius 3 is 2.50 bits per heavy atom. The summed E-state index contributed by atoms with van der Waals surface area (Å²) in [7, 11) is 0. The first-order valence-corrected chi connectivity index (χ1v) is 9.75. The molecule has 3 heteroatoms. The minimum atomic E-state index is -0.508. The zero-order valence-corrected chi connectivity index (χ0v) is 16.4. The Balaban J connectivity index is 1.88. The van der Waals surface area contributed by atoms with Gasteiger partial charge >= 0.3 is 5.97 Å². The average Bonchev–Trinajstić information content (AvgIpc) is 2.89. The van der Waals surface area contributed by atoms with Crippen molar-refractivity contribution in [3.8, 4) is 0 Å². The van der Waals surface area contributed by atoms with Gasteiger partial charge < -0.3 is 9.84 Å². The molecule has 1 aromatic rings. The van der Waals surface area contributed by atoms with Crippen molar-refractivity contribution in [2.24, 2.45) is 22.7 Å². The van der Waals surface area contributed by atoms with E-state index < -0.39 is 11.5 Å². The van der Waals surface area contributed by atoms with Crippen LogP contribution in [0.15, 0.2) is 43.0 Å².